The minimum Gasteiger partial charge on any atom is -0.352 e. The second-order valence-electron chi connectivity index (χ2n) is 9.76. The Hall–Kier alpha value is -2.74. The Bertz CT molecular complexity index is 941. The van der Waals surface area contributed by atoms with Crippen molar-refractivity contribution in [3.8, 4) is 0 Å². The van der Waals surface area contributed by atoms with E-state index in [-0.39, 0.29) is 10.8 Å². The van der Waals surface area contributed by atoms with E-state index in [0.29, 0.717) is 0 Å². The van der Waals surface area contributed by atoms with E-state index in [1.807, 2.05) is 0 Å². The molecule has 0 atom stereocenters. The number of hydrogen-bond acceptors (Lipinski definition) is 2. The van der Waals surface area contributed by atoms with Gasteiger partial charge in [0.15, 0.2) is 0 Å². The molecule has 2 heteroatoms. The molecule has 1 heterocycles. The lowest BCUT2D eigenvalue weighted by Gasteiger charge is -2.36. The van der Waals surface area contributed by atoms with Crippen molar-refractivity contribution >= 4 is 28.4 Å². The minimum absolute atomic E-state index is 0.0864. The summed E-state index contributed by atoms with van der Waals surface area (Å²) in [5, 5.41) is 3.59. The van der Waals surface area contributed by atoms with Crippen LogP contribution in [0.5, 0.6) is 0 Å². The molecule has 2 nitrogen and oxygen atoms in total. The van der Waals surface area contributed by atoms with Crippen LogP contribution in [0.3, 0.4) is 0 Å². The summed E-state index contributed by atoms with van der Waals surface area (Å²) >= 11 is 0. The summed E-state index contributed by atoms with van der Waals surface area (Å²) in [6.07, 6.45) is 0. The van der Waals surface area contributed by atoms with E-state index in [9.17, 15) is 0 Å². The van der Waals surface area contributed by atoms with Gasteiger partial charge in [-0.25, -0.2) is 0 Å². The van der Waals surface area contributed by atoms with Crippen molar-refractivity contribution in [3.05, 3.63) is 77.9 Å². The summed E-state index contributed by atoms with van der Waals surface area (Å²) in [5.74, 6) is 0. The van der Waals surface area contributed by atoms with Gasteiger partial charge in [-0.1, -0.05) is 71.9 Å². The number of fused-ring (bicyclic) bond motifs is 2. The molecule has 0 aromatic heterocycles. The van der Waals surface area contributed by atoms with Crippen LogP contribution >= 0.6 is 0 Å². The third kappa shape index (κ3) is 3.28. The SMILES string of the molecule is CC(C)(C)c1cc(N2c3ccccc3Nc3ccccc32)cc(C(C)(C)C)c1. The van der Waals surface area contributed by atoms with E-state index in [1.54, 1.807) is 0 Å². The molecule has 0 saturated carbocycles. The highest BCUT2D eigenvalue weighted by molar-refractivity contribution is 5.96. The quantitative estimate of drug-likeness (QED) is 0.367. The van der Waals surface area contributed by atoms with Crippen LogP contribution in [0.15, 0.2) is 66.7 Å². The van der Waals surface area contributed by atoms with Crippen LogP contribution in [-0.2, 0) is 10.8 Å². The molecule has 0 fully saturated rings. The second-order valence-corrected chi connectivity index (χ2v) is 9.76. The Labute approximate surface area is 169 Å². The molecule has 3 aromatic rings. The number of para-hydroxylation sites is 4. The molecule has 0 amide bonds. The minimum atomic E-state index is 0.0864. The van der Waals surface area contributed by atoms with Crippen LogP contribution < -0.4 is 10.2 Å². The van der Waals surface area contributed by atoms with Crippen LogP contribution in [0.4, 0.5) is 28.4 Å². The van der Waals surface area contributed by atoms with Crippen molar-refractivity contribution in [1.29, 1.82) is 0 Å². The smallest absolute Gasteiger partial charge is 0.0697 e. The first-order valence-corrected chi connectivity index (χ1v) is 10.1. The zero-order chi connectivity index (χ0) is 20.1. The highest BCUT2D eigenvalue weighted by Gasteiger charge is 2.27. The standard InChI is InChI=1S/C26H30N2/c1-25(2,3)18-15-19(26(4,5)6)17-20(16-18)28-23-13-9-7-11-21(23)27-22-12-8-10-14-24(22)28/h7-17,27H,1-6H3. The maximum absolute atomic E-state index is 3.59. The van der Waals surface area contributed by atoms with Crippen molar-refractivity contribution in [2.24, 2.45) is 0 Å². The molecular weight excluding hydrogens is 340 g/mol. The number of anilines is 5. The summed E-state index contributed by atoms with van der Waals surface area (Å²) in [7, 11) is 0. The van der Waals surface area contributed by atoms with Crippen LogP contribution in [0.2, 0.25) is 0 Å². The van der Waals surface area contributed by atoms with Gasteiger partial charge in [-0.2, -0.15) is 0 Å². The maximum Gasteiger partial charge on any atom is 0.0697 e. The molecule has 144 valence electrons. The molecule has 1 N–H and O–H groups in total. The van der Waals surface area contributed by atoms with Crippen molar-refractivity contribution in [1.82, 2.24) is 0 Å². The number of hydrogen-bond donors (Lipinski definition) is 1. The summed E-state index contributed by atoms with van der Waals surface area (Å²) in [6, 6.07) is 24.2. The predicted octanol–water partition coefficient (Wildman–Crippen LogP) is 7.81. The molecule has 0 radical (unpaired) electrons. The summed E-state index contributed by atoms with van der Waals surface area (Å²) in [4.78, 5) is 2.39. The van der Waals surface area contributed by atoms with Crippen molar-refractivity contribution in [2.45, 2.75) is 52.4 Å². The van der Waals surface area contributed by atoms with Crippen molar-refractivity contribution in [2.75, 3.05) is 10.2 Å². The van der Waals surface area contributed by atoms with Gasteiger partial charge in [-0.05, 0) is 58.4 Å². The molecule has 28 heavy (non-hydrogen) atoms. The van der Waals surface area contributed by atoms with Gasteiger partial charge in [-0.15, -0.1) is 0 Å². The highest BCUT2D eigenvalue weighted by Crippen LogP contribution is 2.48. The normalized spacial score (nSPS) is 13.6. The monoisotopic (exact) mass is 370 g/mol. The van der Waals surface area contributed by atoms with Crippen LogP contribution in [0.1, 0.15) is 52.7 Å². The lowest BCUT2D eigenvalue weighted by molar-refractivity contribution is 0.569. The molecule has 1 aliphatic heterocycles. The Morgan fingerprint density at radius 2 is 1.04 bits per heavy atom. The first-order valence-electron chi connectivity index (χ1n) is 10.1. The van der Waals surface area contributed by atoms with Gasteiger partial charge in [-0.3, -0.25) is 0 Å². The van der Waals surface area contributed by atoms with E-state index in [2.05, 4.69) is 118 Å². The number of rotatable bonds is 1. The molecule has 0 aliphatic carbocycles. The van der Waals surface area contributed by atoms with E-state index >= 15 is 0 Å². The fourth-order valence-electron chi connectivity index (χ4n) is 3.71. The van der Waals surface area contributed by atoms with Gasteiger partial charge in [0.05, 0.1) is 22.7 Å². The van der Waals surface area contributed by atoms with Crippen molar-refractivity contribution < 1.29 is 0 Å². The molecule has 0 unspecified atom stereocenters. The van der Waals surface area contributed by atoms with Crippen molar-refractivity contribution in [3.63, 3.8) is 0 Å². The fourth-order valence-corrected chi connectivity index (χ4v) is 3.71. The van der Waals surface area contributed by atoms with E-state index in [4.69, 9.17) is 0 Å². The average Bonchev–Trinajstić information content (AvgIpc) is 2.64. The second kappa shape index (κ2) is 6.41. The molecular formula is C26H30N2. The summed E-state index contributed by atoms with van der Waals surface area (Å²) in [6.45, 7) is 13.7. The van der Waals surface area contributed by atoms with Crippen LogP contribution in [-0.4, -0.2) is 0 Å². The topological polar surface area (TPSA) is 15.3 Å². The Balaban J connectivity index is 1.99. The van der Waals surface area contributed by atoms with Gasteiger partial charge >= 0.3 is 0 Å². The molecule has 4 rings (SSSR count). The van der Waals surface area contributed by atoms with Gasteiger partial charge in [0.25, 0.3) is 0 Å². The summed E-state index contributed by atoms with van der Waals surface area (Å²) in [5.41, 5.74) is 8.77. The first kappa shape index (κ1) is 18.6. The summed E-state index contributed by atoms with van der Waals surface area (Å²) < 4.78 is 0. The third-order valence-corrected chi connectivity index (χ3v) is 5.47. The fraction of sp³-hybridized carbons (Fsp3) is 0.308. The Morgan fingerprint density at radius 3 is 1.46 bits per heavy atom. The zero-order valence-electron chi connectivity index (χ0n) is 17.8. The lowest BCUT2D eigenvalue weighted by Crippen LogP contribution is -2.21. The van der Waals surface area contributed by atoms with E-state index in [0.717, 1.165) is 11.4 Å². The molecule has 0 bridgehead atoms. The molecule has 0 spiro atoms. The maximum atomic E-state index is 3.59. The molecule has 3 aromatic carbocycles. The average molecular weight is 371 g/mol. The van der Waals surface area contributed by atoms with Gasteiger partial charge in [0.2, 0.25) is 0 Å². The first-order chi connectivity index (χ1) is 13.1. The van der Waals surface area contributed by atoms with E-state index < -0.39 is 0 Å². The molecule has 0 saturated heterocycles. The zero-order valence-corrected chi connectivity index (χ0v) is 17.8. The largest absolute Gasteiger partial charge is 0.352 e. The highest BCUT2D eigenvalue weighted by atomic mass is 15.2. The van der Waals surface area contributed by atoms with Gasteiger partial charge in [0, 0.05) is 5.69 Å². The molecule has 1 aliphatic rings. The Kier molecular flexibility index (Phi) is 4.26. The lowest BCUT2D eigenvalue weighted by atomic mass is 9.80. The number of benzene rings is 3. The Morgan fingerprint density at radius 1 is 0.607 bits per heavy atom. The van der Waals surface area contributed by atoms with Crippen LogP contribution in [0, 0.1) is 0 Å². The number of nitrogens with one attached hydrogen (secondary N) is 1. The van der Waals surface area contributed by atoms with Gasteiger partial charge < -0.3 is 10.2 Å². The van der Waals surface area contributed by atoms with Crippen LogP contribution in [0.25, 0.3) is 0 Å². The predicted molar refractivity (Wildman–Crippen MR) is 122 cm³/mol. The van der Waals surface area contributed by atoms with E-state index in [1.165, 1.54) is 28.2 Å². The van der Waals surface area contributed by atoms with Gasteiger partial charge in [0.1, 0.15) is 0 Å². The number of nitrogens with zero attached hydrogens (tertiary/aromatic N) is 1. The third-order valence-electron chi connectivity index (χ3n) is 5.47.